The molecule has 1 aliphatic heterocycles. The first-order chi connectivity index (χ1) is 12.4. The van der Waals surface area contributed by atoms with Gasteiger partial charge in [0, 0.05) is 16.1 Å². The van der Waals surface area contributed by atoms with Gasteiger partial charge in [0.25, 0.3) is 0 Å². The maximum atomic E-state index is 12.5. The van der Waals surface area contributed by atoms with Gasteiger partial charge in [0.2, 0.25) is 5.78 Å². The number of carbonyl (C=O) groups is 2. The Kier molecular flexibility index (Phi) is 5.20. The van der Waals surface area contributed by atoms with Crippen molar-refractivity contribution in [3.05, 3.63) is 63.3 Å². The topological polar surface area (TPSA) is 61.8 Å². The molecule has 2 aromatic rings. The quantitative estimate of drug-likeness (QED) is 0.564. The molecule has 1 heterocycles. The maximum Gasteiger partial charge on any atom is 0.346 e. The van der Waals surface area contributed by atoms with E-state index < -0.39 is 12.1 Å². The summed E-state index contributed by atoms with van der Waals surface area (Å²) in [6.45, 7) is 1.57. The van der Waals surface area contributed by atoms with Crippen LogP contribution < -0.4 is 9.47 Å². The van der Waals surface area contributed by atoms with E-state index in [0.29, 0.717) is 32.7 Å². The summed E-state index contributed by atoms with van der Waals surface area (Å²) in [5, 5.41) is 0.911. The second-order valence-corrected chi connectivity index (χ2v) is 6.39. The number of benzene rings is 2. The summed E-state index contributed by atoms with van der Waals surface area (Å²) < 4.78 is 15.8. The van der Waals surface area contributed by atoms with Gasteiger partial charge in [-0.3, -0.25) is 4.79 Å². The largest absolute Gasteiger partial charge is 0.479 e. The molecule has 1 atom stereocenters. The molecule has 0 amide bonds. The van der Waals surface area contributed by atoms with Crippen molar-refractivity contribution >= 4 is 41.0 Å². The van der Waals surface area contributed by atoms with Crippen molar-refractivity contribution in [3.63, 3.8) is 0 Å². The first-order valence-corrected chi connectivity index (χ1v) is 8.42. The third-order valence-corrected chi connectivity index (χ3v) is 4.30. The average molecular weight is 393 g/mol. The predicted octanol–water partition coefficient (Wildman–Crippen LogP) is 4.55. The number of rotatable bonds is 4. The molecule has 0 saturated carbocycles. The Morgan fingerprint density at radius 3 is 2.65 bits per heavy atom. The zero-order valence-electron chi connectivity index (χ0n) is 13.9. The van der Waals surface area contributed by atoms with Gasteiger partial charge in [-0.25, -0.2) is 4.79 Å². The Labute approximate surface area is 160 Å². The summed E-state index contributed by atoms with van der Waals surface area (Å²) in [5.74, 6) is 0.113. The number of ketones is 1. The number of ether oxygens (including phenoxy) is 3. The van der Waals surface area contributed by atoms with Crippen LogP contribution in [0, 0.1) is 0 Å². The number of allylic oxidation sites excluding steroid dienone is 1. The second-order valence-electron chi connectivity index (χ2n) is 5.55. The highest BCUT2D eigenvalue weighted by Crippen LogP contribution is 2.36. The van der Waals surface area contributed by atoms with Crippen LogP contribution in [0.2, 0.25) is 10.0 Å². The van der Waals surface area contributed by atoms with Crippen LogP contribution in [0.5, 0.6) is 11.5 Å². The van der Waals surface area contributed by atoms with E-state index >= 15 is 0 Å². The van der Waals surface area contributed by atoms with Crippen LogP contribution in [-0.2, 0) is 9.53 Å². The first kappa shape index (κ1) is 18.3. The van der Waals surface area contributed by atoms with Crippen LogP contribution in [0.15, 0.2) is 42.2 Å². The van der Waals surface area contributed by atoms with Gasteiger partial charge in [-0.2, -0.15) is 0 Å². The monoisotopic (exact) mass is 392 g/mol. The highest BCUT2D eigenvalue weighted by Gasteiger charge is 2.28. The van der Waals surface area contributed by atoms with Crippen LogP contribution in [0.1, 0.15) is 22.8 Å². The lowest BCUT2D eigenvalue weighted by Crippen LogP contribution is -2.24. The normalized spacial score (nSPS) is 15.4. The van der Waals surface area contributed by atoms with E-state index in [0.717, 1.165) is 0 Å². The molecular formula is C19H14Cl2O5. The molecular weight excluding hydrogens is 379 g/mol. The molecule has 1 unspecified atom stereocenters. The maximum absolute atomic E-state index is 12.5. The lowest BCUT2D eigenvalue weighted by molar-refractivity contribution is -0.147. The molecule has 0 bridgehead atoms. The standard InChI is InChI=1S/C19H14Cl2O5/c1-10(19(23)24-2)25-13-5-6-14-16(9-13)26-17(18(14)22)7-11-3-4-12(20)8-15(11)21/h3-10H,1-2H3/b17-7-. The van der Waals surface area contributed by atoms with E-state index in [1.807, 2.05) is 0 Å². The van der Waals surface area contributed by atoms with Gasteiger partial charge in [0.05, 0.1) is 12.7 Å². The molecule has 0 radical (unpaired) electrons. The Bertz CT molecular complexity index is 920. The fourth-order valence-electron chi connectivity index (χ4n) is 2.42. The second kappa shape index (κ2) is 7.40. The summed E-state index contributed by atoms with van der Waals surface area (Å²) in [6, 6.07) is 9.69. The fourth-order valence-corrected chi connectivity index (χ4v) is 2.88. The number of esters is 1. The van der Waals surface area contributed by atoms with E-state index in [-0.39, 0.29) is 11.5 Å². The molecule has 0 aliphatic carbocycles. The molecule has 0 aromatic heterocycles. The smallest absolute Gasteiger partial charge is 0.346 e. The number of carbonyl (C=O) groups excluding carboxylic acids is 2. The fraction of sp³-hybridized carbons (Fsp3) is 0.158. The molecule has 0 saturated heterocycles. The van der Waals surface area contributed by atoms with Crippen molar-refractivity contribution < 1.29 is 23.8 Å². The van der Waals surface area contributed by atoms with Crippen LogP contribution in [0.4, 0.5) is 0 Å². The number of Topliss-reactive ketones (excluding diaryl/α,β-unsaturated/α-hetero) is 1. The number of fused-ring (bicyclic) bond motifs is 1. The Morgan fingerprint density at radius 2 is 1.96 bits per heavy atom. The zero-order chi connectivity index (χ0) is 18.8. The lowest BCUT2D eigenvalue weighted by atomic mass is 10.1. The van der Waals surface area contributed by atoms with Gasteiger partial charge >= 0.3 is 5.97 Å². The zero-order valence-corrected chi connectivity index (χ0v) is 15.4. The van der Waals surface area contributed by atoms with Gasteiger partial charge in [-0.15, -0.1) is 0 Å². The SMILES string of the molecule is COC(=O)C(C)Oc1ccc2c(c1)O/C(=C\c1ccc(Cl)cc1Cl)C2=O. The minimum Gasteiger partial charge on any atom is -0.479 e. The molecule has 26 heavy (non-hydrogen) atoms. The van der Waals surface area contributed by atoms with Crippen molar-refractivity contribution in [1.29, 1.82) is 0 Å². The molecule has 0 N–H and O–H groups in total. The van der Waals surface area contributed by atoms with Gasteiger partial charge in [-0.05, 0) is 42.8 Å². The van der Waals surface area contributed by atoms with E-state index in [9.17, 15) is 9.59 Å². The third-order valence-electron chi connectivity index (χ3n) is 3.74. The summed E-state index contributed by atoms with van der Waals surface area (Å²) in [4.78, 5) is 23.9. The van der Waals surface area contributed by atoms with E-state index in [1.54, 1.807) is 49.4 Å². The highest BCUT2D eigenvalue weighted by atomic mass is 35.5. The number of hydrogen-bond acceptors (Lipinski definition) is 5. The molecule has 3 rings (SSSR count). The molecule has 0 fully saturated rings. The van der Waals surface area contributed by atoms with Crippen molar-refractivity contribution in [1.82, 2.24) is 0 Å². The molecule has 0 spiro atoms. The molecule has 134 valence electrons. The van der Waals surface area contributed by atoms with E-state index in [1.165, 1.54) is 7.11 Å². The first-order valence-electron chi connectivity index (χ1n) is 7.67. The van der Waals surface area contributed by atoms with Crippen molar-refractivity contribution in [2.75, 3.05) is 7.11 Å². The summed E-state index contributed by atoms with van der Waals surface area (Å²) in [5.41, 5.74) is 1.02. The number of halogens is 2. The van der Waals surface area contributed by atoms with Crippen LogP contribution in [0.25, 0.3) is 6.08 Å². The molecule has 5 nitrogen and oxygen atoms in total. The summed E-state index contributed by atoms with van der Waals surface area (Å²) >= 11 is 12.0. The Hall–Kier alpha value is -2.50. The number of hydrogen-bond donors (Lipinski definition) is 0. The van der Waals surface area contributed by atoms with E-state index in [2.05, 4.69) is 4.74 Å². The highest BCUT2D eigenvalue weighted by molar-refractivity contribution is 6.35. The molecule has 1 aliphatic rings. The average Bonchev–Trinajstić information content (AvgIpc) is 2.92. The van der Waals surface area contributed by atoms with E-state index in [4.69, 9.17) is 32.7 Å². The minimum atomic E-state index is -0.780. The van der Waals surface area contributed by atoms with Gasteiger partial charge < -0.3 is 14.2 Å². The third kappa shape index (κ3) is 3.69. The summed E-state index contributed by atoms with van der Waals surface area (Å²) in [6.07, 6.45) is 0.775. The Balaban J connectivity index is 1.85. The minimum absolute atomic E-state index is 0.141. The molecule has 7 heteroatoms. The number of methoxy groups -OCH3 is 1. The van der Waals surface area contributed by atoms with Crippen LogP contribution in [-0.4, -0.2) is 25.0 Å². The van der Waals surface area contributed by atoms with Crippen molar-refractivity contribution in [2.45, 2.75) is 13.0 Å². The van der Waals surface area contributed by atoms with Gasteiger partial charge in [0.15, 0.2) is 11.9 Å². The van der Waals surface area contributed by atoms with Gasteiger partial charge in [0.1, 0.15) is 11.5 Å². The Morgan fingerprint density at radius 1 is 1.19 bits per heavy atom. The van der Waals surface area contributed by atoms with Gasteiger partial charge in [-0.1, -0.05) is 29.3 Å². The molecule has 2 aromatic carbocycles. The van der Waals surface area contributed by atoms with Crippen molar-refractivity contribution in [2.24, 2.45) is 0 Å². The summed E-state index contributed by atoms with van der Waals surface area (Å²) in [7, 11) is 1.28. The van der Waals surface area contributed by atoms with Crippen LogP contribution >= 0.6 is 23.2 Å². The van der Waals surface area contributed by atoms with Crippen LogP contribution in [0.3, 0.4) is 0 Å². The predicted molar refractivity (Wildman–Crippen MR) is 97.9 cm³/mol. The lowest BCUT2D eigenvalue weighted by Gasteiger charge is -2.12. The van der Waals surface area contributed by atoms with Crippen molar-refractivity contribution in [3.8, 4) is 11.5 Å².